The van der Waals surface area contributed by atoms with Gasteiger partial charge in [0.05, 0.1) is 31.4 Å². The first-order chi connectivity index (χ1) is 14.2. The highest BCUT2D eigenvalue weighted by molar-refractivity contribution is 6.30. The molecule has 1 aliphatic rings. The van der Waals surface area contributed by atoms with E-state index < -0.39 is 0 Å². The van der Waals surface area contributed by atoms with E-state index in [9.17, 15) is 4.79 Å². The average molecular weight is 416 g/mol. The fourth-order valence-electron chi connectivity index (χ4n) is 2.70. The van der Waals surface area contributed by atoms with Gasteiger partial charge in [-0.05, 0) is 24.6 Å². The van der Waals surface area contributed by atoms with Gasteiger partial charge in [0.1, 0.15) is 11.5 Å². The van der Waals surface area contributed by atoms with Gasteiger partial charge in [0, 0.05) is 31.2 Å². The second kappa shape index (κ2) is 10.4. The number of piperazine rings is 1. The molecule has 10 heteroatoms. The maximum Gasteiger partial charge on any atom is 0.409 e. The van der Waals surface area contributed by atoms with Crippen LogP contribution in [0.5, 0.6) is 0 Å². The number of halogens is 1. The first-order valence-electron chi connectivity index (χ1n) is 9.21. The van der Waals surface area contributed by atoms with Gasteiger partial charge >= 0.3 is 6.09 Å². The molecule has 1 aromatic heterocycles. The summed E-state index contributed by atoms with van der Waals surface area (Å²) in [6.45, 7) is 4.67. The molecule has 3 rings (SSSR count). The molecule has 1 aliphatic heterocycles. The van der Waals surface area contributed by atoms with E-state index >= 15 is 0 Å². The van der Waals surface area contributed by atoms with E-state index in [1.165, 1.54) is 0 Å². The number of hydrogen-bond donors (Lipinski definition) is 1. The number of anilines is 1. The Balaban J connectivity index is 1.51. The van der Waals surface area contributed by atoms with Crippen LogP contribution in [0.3, 0.4) is 0 Å². The van der Waals surface area contributed by atoms with Crippen molar-refractivity contribution in [3.63, 3.8) is 0 Å². The molecule has 0 aliphatic carbocycles. The van der Waals surface area contributed by atoms with Crippen molar-refractivity contribution in [2.75, 3.05) is 37.7 Å². The minimum Gasteiger partial charge on any atom is -0.450 e. The van der Waals surface area contributed by atoms with Crippen LogP contribution in [0.1, 0.15) is 18.2 Å². The van der Waals surface area contributed by atoms with Gasteiger partial charge < -0.3 is 14.5 Å². The Morgan fingerprint density at radius 3 is 2.62 bits per heavy atom. The van der Waals surface area contributed by atoms with Crippen LogP contribution in [0.4, 0.5) is 10.6 Å². The predicted octanol–water partition coefficient (Wildman–Crippen LogP) is 2.37. The fraction of sp³-hybridized carbons (Fsp3) is 0.316. The van der Waals surface area contributed by atoms with Crippen LogP contribution in [0, 0.1) is 0 Å². The number of hydrogen-bond acceptors (Lipinski definition) is 8. The molecule has 1 amide bonds. The number of hydrazone groups is 2. The third-order valence-electron chi connectivity index (χ3n) is 4.17. The zero-order valence-corrected chi connectivity index (χ0v) is 16.8. The Labute approximate surface area is 174 Å². The van der Waals surface area contributed by atoms with Crippen LogP contribution in [-0.4, -0.2) is 66.2 Å². The molecular formula is C19H22ClN7O2. The van der Waals surface area contributed by atoms with E-state index in [-0.39, 0.29) is 6.09 Å². The lowest BCUT2D eigenvalue weighted by atomic mass is 10.2. The second-order valence-electron chi connectivity index (χ2n) is 6.14. The highest BCUT2D eigenvalue weighted by atomic mass is 35.5. The van der Waals surface area contributed by atoms with E-state index in [4.69, 9.17) is 16.3 Å². The Hall–Kier alpha value is -3.20. The minimum absolute atomic E-state index is 0.274. The first-order valence-corrected chi connectivity index (χ1v) is 9.59. The Morgan fingerprint density at radius 2 is 1.90 bits per heavy atom. The predicted molar refractivity (Wildman–Crippen MR) is 113 cm³/mol. The summed E-state index contributed by atoms with van der Waals surface area (Å²) >= 11 is 5.84. The molecule has 0 spiro atoms. The van der Waals surface area contributed by atoms with Crippen LogP contribution in [0.25, 0.3) is 0 Å². The lowest BCUT2D eigenvalue weighted by Gasteiger charge is -2.34. The smallest absolute Gasteiger partial charge is 0.409 e. The van der Waals surface area contributed by atoms with E-state index in [1.807, 2.05) is 12.1 Å². The van der Waals surface area contributed by atoms with Gasteiger partial charge in [-0.15, -0.1) is 0 Å². The summed E-state index contributed by atoms with van der Waals surface area (Å²) in [5.74, 6) is 0.738. The van der Waals surface area contributed by atoms with E-state index in [0.717, 1.165) is 11.4 Å². The number of ether oxygens (including phenoxy) is 1. The second-order valence-corrected chi connectivity index (χ2v) is 6.58. The summed E-state index contributed by atoms with van der Waals surface area (Å²) in [7, 11) is 0. The summed E-state index contributed by atoms with van der Waals surface area (Å²) in [4.78, 5) is 24.3. The van der Waals surface area contributed by atoms with E-state index in [2.05, 4.69) is 30.6 Å². The quantitative estimate of drug-likeness (QED) is 0.574. The van der Waals surface area contributed by atoms with Crippen molar-refractivity contribution in [2.45, 2.75) is 6.92 Å². The summed E-state index contributed by atoms with van der Waals surface area (Å²) < 4.78 is 5.04. The zero-order valence-electron chi connectivity index (χ0n) is 16.0. The van der Waals surface area contributed by atoms with E-state index in [1.54, 1.807) is 48.8 Å². The third kappa shape index (κ3) is 6.15. The largest absolute Gasteiger partial charge is 0.450 e. The minimum atomic E-state index is -0.274. The number of benzene rings is 1. The summed E-state index contributed by atoms with van der Waals surface area (Å²) in [5.41, 5.74) is 4.10. The van der Waals surface area contributed by atoms with Crippen LogP contribution >= 0.6 is 11.6 Å². The highest BCUT2D eigenvalue weighted by Crippen LogP contribution is 2.13. The number of aromatic nitrogens is 2. The lowest BCUT2D eigenvalue weighted by molar-refractivity contribution is 0.105. The van der Waals surface area contributed by atoms with Gasteiger partial charge in [-0.2, -0.15) is 15.7 Å². The molecule has 9 nitrogen and oxygen atoms in total. The molecule has 0 radical (unpaired) electrons. The van der Waals surface area contributed by atoms with Gasteiger partial charge in [0.25, 0.3) is 0 Å². The molecule has 2 aromatic rings. The van der Waals surface area contributed by atoms with Gasteiger partial charge in [0.15, 0.2) is 0 Å². The number of amides is 1. The van der Waals surface area contributed by atoms with Crippen molar-refractivity contribution in [2.24, 2.45) is 10.2 Å². The fourth-order valence-corrected chi connectivity index (χ4v) is 2.82. The lowest BCUT2D eigenvalue weighted by Crippen LogP contribution is -2.49. The van der Waals surface area contributed by atoms with Crippen molar-refractivity contribution in [1.29, 1.82) is 0 Å². The molecule has 2 heterocycles. The number of rotatable bonds is 6. The maximum atomic E-state index is 11.8. The van der Waals surface area contributed by atoms with Gasteiger partial charge in [-0.3, -0.25) is 4.98 Å². The molecule has 1 fully saturated rings. The van der Waals surface area contributed by atoms with Crippen molar-refractivity contribution >= 4 is 35.9 Å². The van der Waals surface area contributed by atoms with Crippen molar-refractivity contribution < 1.29 is 9.53 Å². The number of carbonyl (C=O) groups is 1. The van der Waals surface area contributed by atoms with E-state index in [0.29, 0.717) is 43.5 Å². The van der Waals surface area contributed by atoms with Crippen molar-refractivity contribution in [3.8, 4) is 0 Å². The SMILES string of the molecule is CCOC(=O)N1CCN(c2cncc(/C=N\N/N=C\c3ccc(Cl)cc3)n2)CC1. The van der Waals surface area contributed by atoms with Crippen LogP contribution in [0.2, 0.25) is 5.02 Å². The molecule has 1 saturated heterocycles. The summed E-state index contributed by atoms with van der Waals surface area (Å²) in [6, 6.07) is 7.29. The molecule has 0 atom stereocenters. The Morgan fingerprint density at radius 1 is 1.17 bits per heavy atom. The topological polar surface area (TPSA) is 95.3 Å². The van der Waals surface area contributed by atoms with Crippen LogP contribution < -0.4 is 10.4 Å². The van der Waals surface area contributed by atoms with Crippen molar-refractivity contribution in [1.82, 2.24) is 20.4 Å². The van der Waals surface area contributed by atoms with Crippen LogP contribution in [-0.2, 0) is 4.74 Å². The highest BCUT2D eigenvalue weighted by Gasteiger charge is 2.22. The number of carbonyl (C=O) groups excluding carboxylic acids is 1. The zero-order chi connectivity index (χ0) is 20.5. The first kappa shape index (κ1) is 20.5. The number of nitrogens with one attached hydrogen (secondary N) is 1. The number of nitrogens with zero attached hydrogens (tertiary/aromatic N) is 6. The Bertz CT molecular complexity index is 865. The molecule has 0 unspecified atom stereocenters. The van der Waals surface area contributed by atoms with Gasteiger partial charge in [-0.1, -0.05) is 23.7 Å². The summed E-state index contributed by atoms with van der Waals surface area (Å²) in [6.07, 6.45) is 6.23. The molecule has 152 valence electrons. The standard InChI is InChI=1S/C19H22ClN7O2/c1-2-29-19(28)27-9-7-26(8-10-27)18-14-21-12-17(24-18)13-23-25-22-11-15-3-5-16(20)6-4-15/h3-6,11-14,25H,2,7-10H2,1H3/b22-11-,23-13-. The molecule has 1 aromatic carbocycles. The van der Waals surface area contributed by atoms with Crippen LogP contribution in [0.15, 0.2) is 46.9 Å². The third-order valence-corrected chi connectivity index (χ3v) is 4.42. The van der Waals surface area contributed by atoms with Gasteiger partial charge in [-0.25, -0.2) is 9.78 Å². The Kier molecular flexibility index (Phi) is 7.34. The molecule has 0 bridgehead atoms. The molecule has 0 saturated carbocycles. The molecular weight excluding hydrogens is 394 g/mol. The monoisotopic (exact) mass is 415 g/mol. The van der Waals surface area contributed by atoms with Crippen molar-refractivity contribution in [3.05, 3.63) is 52.9 Å². The van der Waals surface area contributed by atoms with Gasteiger partial charge in [0.2, 0.25) is 0 Å². The molecule has 29 heavy (non-hydrogen) atoms. The molecule has 1 N–H and O–H groups in total. The normalized spacial score (nSPS) is 14.6. The summed E-state index contributed by atoms with van der Waals surface area (Å²) in [5, 5.41) is 8.72. The average Bonchev–Trinajstić information content (AvgIpc) is 2.75. The maximum absolute atomic E-state index is 11.8.